The van der Waals surface area contributed by atoms with Crippen molar-refractivity contribution in [2.24, 2.45) is 0 Å². The van der Waals surface area contributed by atoms with E-state index in [2.05, 4.69) is 37.9 Å². The molecule has 2 heterocycles. The number of halogens is 1. The molecule has 0 fully saturated rings. The number of hydrogen-bond donors (Lipinski definition) is 0. The van der Waals surface area contributed by atoms with Crippen LogP contribution < -0.4 is 0 Å². The Balaban J connectivity index is 2.32. The first kappa shape index (κ1) is 12.3. The van der Waals surface area contributed by atoms with Crippen molar-refractivity contribution in [3.05, 3.63) is 46.5 Å². The average Bonchev–Trinajstić information content (AvgIpc) is 2.76. The summed E-state index contributed by atoms with van der Waals surface area (Å²) in [5.41, 5.74) is 2.79. The van der Waals surface area contributed by atoms with E-state index in [1.807, 2.05) is 41.8 Å². The van der Waals surface area contributed by atoms with Crippen molar-refractivity contribution in [3.63, 3.8) is 0 Å². The summed E-state index contributed by atoms with van der Waals surface area (Å²) in [6.07, 6.45) is 0.822. The molecule has 96 valence electrons. The number of aromatic nitrogens is 4. The van der Waals surface area contributed by atoms with Crippen molar-refractivity contribution in [1.82, 2.24) is 19.6 Å². The number of benzene rings is 1. The van der Waals surface area contributed by atoms with Gasteiger partial charge in [-0.15, -0.1) is 0 Å². The summed E-state index contributed by atoms with van der Waals surface area (Å²) in [7, 11) is 0. The summed E-state index contributed by atoms with van der Waals surface area (Å²) in [6.45, 7) is 3.97. The molecular formula is C14H13BrN4. The summed E-state index contributed by atoms with van der Waals surface area (Å²) in [5, 5.41) is 4.64. The Labute approximate surface area is 119 Å². The zero-order valence-electron chi connectivity index (χ0n) is 10.8. The van der Waals surface area contributed by atoms with Gasteiger partial charge in [0.2, 0.25) is 0 Å². The molecule has 0 spiro atoms. The van der Waals surface area contributed by atoms with Crippen molar-refractivity contribution in [1.29, 1.82) is 0 Å². The molecule has 0 radical (unpaired) electrons. The van der Waals surface area contributed by atoms with E-state index in [4.69, 9.17) is 0 Å². The SMILES string of the molecule is CCc1nc(C)nc2c(Br)c(-c3ccccc3)nn12. The Kier molecular flexibility index (Phi) is 3.06. The third-order valence-corrected chi connectivity index (χ3v) is 3.70. The highest BCUT2D eigenvalue weighted by Crippen LogP contribution is 2.30. The summed E-state index contributed by atoms with van der Waals surface area (Å²) in [5.74, 6) is 1.69. The first-order valence-corrected chi connectivity index (χ1v) is 6.97. The fourth-order valence-electron chi connectivity index (χ4n) is 2.09. The molecule has 0 saturated heterocycles. The van der Waals surface area contributed by atoms with Gasteiger partial charge in [-0.25, -0.2) is 9.97 Å². The predicted molar refractivity (Wildman–Crippen MR) is 78.0 cm³/mol. The fourth-order valence-corrected chi connectivity index (χ4v) is 2.65. The molecule has 0 amide bonds. The molecule has 0 aliphatic carbocycles. The maximum absolute atomic E-state index is 4.64. The van der Waals surface area contributed by atoms with Crippen molar-refractivity contribution in [3.8, 4) is 11.3 Å². The second-order valence-corrected chi connectivity index (χ2v) is 5.10. The zero-order valence-corrected chi connectivity index (χ0v) is 12.3. The molecule has 0 saturated carbocycles. The van der Waals surface area contributed by atoms with Gasteiger partial charge in [-0.05, 0) is 22.9 Å². The predicted octanol–water partition coefficient (Wildman–Crippen LogP) is 3.42. The van der Waals surface area contributed by atoms with Gasteiger partial charge in [-0.3, -0.25) is 0 Å². The molecule has 5 heteroatoms. The third-order valence-electron chi connectivity index (χ3n) is 2.97. The van der Waals surface area contributed by atoms with Crippen molar-refractivity contribution in [2.45, 2.75) is 20.3 Å². The Morgan fingerprint density at radius 3 is 2.58 bits per heavy atom. The summed E-state index contributed by atoms with van der Waals surface area (Å²) >= 11 is 3.61. The Morgan fingerprint density at radius 1 is 1.16 bits per heavy atom. The molecular weight excluding hydrogens is 304 g/mol. The van der Waals surface area contributed by atoms with Crippen LogP contribution in [0.2, 0.25) is 0 Å². The van der Waals surface area contributed by atoms with Gasteiger partial charge in [0.1, 0.15) is 17.3 Å². The molecule has 3 rings (SSSR count). The average molecular weight is 317 g/mol. The van der Waals surface area contributed by atoms with Crippen LogP contribution in [0.15, 0.2) is 34.8 Å². The van der Waals surface area contributed by atoms with Crippen LogP contribution in [0, 0.1) is 6.92 Å². The summed E-state index contributed by atoms with van der Waals surface area (Å²) in [6, 6.07) is 10.1. The Hall–Kier alpha value is -1.75. The van der Waals surface area contributed by atoms with Crippen molar-refractivity contribution < 1.29 is 0 Å². The molecule has 0 atom stereocenters. The minimum Gasteiger partial charge on any atom is -0.218 e. The quantitative estimate of drug-likeness (QED) is 0.727. The van der Waals surface area contributed by atoms with Gasteiger partial charge in [0.25, 0.3) is 0 Å². The lowest BCUT2D eigenvalue weighted by atomic mass is 10.2. The minimum absolute atomic E-state index is 0.768. The van der Waals surface area contributed by atoms with E-state index in [9.17, 15) is 0 Å². The molecule has 0 unspecified atom stereocenters. The second-order valence-electron chi connectivity index (χ2n) is 4.30. The highest BCUT2D eigenvalue weighted by Gasteiger charge is 2.16. The van der Waals surface area contributed by atoms with E-state index in [1.54, 1.807) is 0 Å². The first-order valence-electron chi connectivity index (χ1n) is 6.18. The van der Waals surface area contributed by atoms with Gasteiger partial charge >= 0.3 is 0 Å². The highest BCUT2D eigenvalue weighted by atomic mass is 79.9. The number of nitrogens with zero attached hydrogens (tertiary/aromatic N) is 4. The van der Waals surface area contributed by atoms with Crippen LogP contribution in [-0.2, 0) is 6.42 Å². The summed E-state index contributed by atoms with van der Waals surface area (Å²) < 4.78 is 2.73. The zero-order chi connectivity index (χ0) is 13.4. The van der Waals surface area contributed by atoms with Gasteiger partial charge in [0.15, 0.2) is 5.65 Å². The molecule has 0 aliphatic rings. The number of aryl methyl sites for hydroxylation is 2. The van der Waals surface area contributed by atoms with Crippen molar-refractivity contribution in [2.75, 3.05) is 0 Å². The van der Waals surface area contributed by atoms with E-state index in [-0.39, 0.29) is 0 Å². The van der Waals surface area contributed by atoms with E-state index in [1.165, 1.54) is 0 Å². The lowest BCUT2D eigenvalue weighted by molar-refractivity contribution is 0.776. The van der Waals surface area contributed by atoms with Crippen LogP contribution in [-0.4, -0.2) is 19.6 Å². The first-order chi connectivity index (χ1) is 9.20. The third kappa shape index (κ3) is 2.04. The van der Waals surface area contributed by atoms with Gasteiger partial charge in [0, 0.05) is 12.0 Å². The number of fused-ring (bicyclic) bond motifs is 1. The van der Waals surface area contributed by atoms with E-state index < -0.39 is 0 Å². The molecule has 3 aromatic rings. The smallest absolute Gasteiger partial charge is 0.174 e. The Morgan fingerprint density at radius 2 is 1.89 bits per heavy atom. The fraction of sp³-hybridized carbons (Fsp3) is 0.214. The standard InChI is InChI=1S/C14H13BrN4/c1-3-11-16-9(2)17-14-12(15)13(18-19(11)14)10-7-5-4-6-8-10/h4-8H,3H2,1-2H3. The van der Waals surface area contributed by atoms with Crippen LogP contribution in [0.25, 0.3) is 16.9 Å². The van der Waals surface area contributed by atoms with E-state index >= 15 is 0 Å². The number of rotatable bonds is 2. The maximum Gasteiger partial charge on any atom is 0.174 e. The van der Waals surface area contributed by atoms with Gasteiger partial charge < -0.3 is 0 Å². The van der Waals surface area contributed by atoms with Crippen molar-refractivity contribution >= 4 is 21.6 Å². The van der Waals surface area contributed by atoms with Crippen LogP contribution in [0.5, 0.6) is 0 Å². The normalized spacial score (nSPS) is 11.1. The van der Waals surface area contributed by atoms with Gasteiger partial charge in [0.05, 0.1) is 4.47 Å². The molecule has 0 N–H and O–H groups in total. The molecule has 1 aromatic carbocycles. The van der Waals surface area contributed by atoms with E-state index in [0.29, 0.717) is 0 Å². The molecule has 0 bridgehead atoms. The van der Waals surface area contributed by atoms with E-state index in [0.717, 1.165) is 39.4 Å². The summed E-state index contributed by atoms with van der Waals surface area (Å²) in [4.78, 5) is 8.91. The van der Waals surface area contributed by atoms with Gasteiger partial charge in [-0.2, -0.15) is 9.61 Å². The second kappa shape index (κ2) is 4.74. The Bertz CT molecular complexity index is 734. The van der Waals surface area contributed by atoms with Crippen LogP contribution >= 0.6 is 15.9 Å². The lowest BCUT2D eigenvalue weighted by Gasteiger charge is -2.01. The highest BCUT2D eigenvalue weighted by molar-refractivity contribution is 9.10. The van der Waals surface area contributed by atoms with Crippen LogP contribution in [0.1, 0.15) is 18.6 Å². The van der Waals surface area contributed by atoms with Gasteiger partial charge in [-0.1, -0.05) is 37.3 Å². The molecule has 4 nitrogen and oxygen atoms in total. The van der Waals surface area contributed by atoms with Crippen LogP contribution in [0.4, 0.5) is 0 Å². The largest absolute Gasteiger partial charge is 0.218 e. The van der Waals surface area contributed by atoms with Crippen LogP contribution in [0.3, 0.4) is 0 Å². The topological polar surface area (TPSA) is 43.1 Å². The maximum atomic E-state index is 4.64. The monoisotopic (exact) mass is 316 g/mol. The molecule has 0 aliphatic heterocycles. The lowest BCUT2D eigenvalue weighted by Crippen LogP contribution is -2.05. The molecule has 2 aromatic heterocycles. The molecule has 19 heavy (non-hydrogen) atoms. The minimum atomic E-state index is 0.768. The number of hydrogen-bond acceptors (Lipinski definition) is 3.